The van der Waals surface area contributed by atoms with Gasteiger partial charge in [-0.05, 0) is 37.1 Å². The maximum Gasteiger partial charge on any atom is 0.225 e. The van der Waals surface area contributed by atoms with E-state index in [1.165, 1.54) is 17.5 Å². The molecule has 0 aromatic heterocycles. The quantitative estimate of drug-likeness (QED) is 0.785. The van der Waals surface area contributed by atoms with Crippen LogP contribution in [0.25, 0.3) is 0 Å². The molecule has 1 aliphatic carbocycles. The molecule has 0 heterocycles. The average molecular weight is 339 g/mol. The zero-order chi connectivity index (χ0) is 17.0. The highest BCUT2D eigenvalue weighted by Gasteiger charge is 2.34. The fourth-order valence-corrected chi connectivity index (χ4v) is 3.43. The third-order valence-electron chi connectivity index (χ3n) is 3.43. The van der Waals surface area contributed by atoms with E-state index >= 15 is 0 Å². The second-order valence-corrected chi connectivity index (χ2v) is 7.60. The molecule has 0 bridgehead atoms. The topological polar surface area (TPSA) is 95.6 Å². The van der Waals surface area contributed by atoms with Gasteiger partial charge >= 0.3 is 0 Å². The van der Waals surface area contributed by atoms with E-state index < -0.39 is 10.0 Å². The summed E-state index contributed by atoms with van der Waals surface area (Å²) < 4.78 is 24.7. The molecule has 0 aliphatic heterocycles. The number of sulfonamides is 1. The third-order valence-corrected chi connectivity index (χ3v) is 4.76. The van der Waals surface area contributed by atoms with Crippen molar-refractivity contribution in [3.63, 3.8) is 0 Å². The molecule has 2 rings (SSSR count). The van der Waals surface area contributed by atoms with E-state index in [-0.39, 0.29) is 30.8 Å². The van der Waals surface area contributed by atoms with Gasteiger partial charge in [0.25, 0.3) is 0 Å². The zero-order valence-electron chi connectivity index (χ0n) is 13.2. The standard InChI is InChI=1S/C15H21N3O4S/c1-11(19)16-12-3-5-13(6-4-12)17-15(20)9-10-18(14-7-8-14)23(2,21)22/h3-6,14H,7-10H2,1-2H3,(H,16,19)(H,17,20). The molecule has 1 aliphatic rings. The predicted octanol–water partition coefficient (Wildman–Crippen LogP) is 1.40. The van der Waals surface area contributed by atoms with Crippen molar-refractivity contribution in [2.75, 3.05) is 23.4 Å². The van der Waals surface area contributed by atoms with Gasteiger partial charge in [0.15, 0.2) is 0 Å². The van der Waals surface area contributed by atoms with Crippen molar-refractivity contribution < 1.29 is 18.0 Å². The maximum atomic E-state index is 11.9. The Balaban J connectivity index is 1.85. The van der Waals surface area contributed by atoms with E-state index in [9.17, 15) is 18.0 Å². The lowest BCUT2D eigenvalue weighted by molar-refractivity contribution is -0.116. The summed E-state index contributed by atoms with van der Waals surface area (Å²) in [6, 6.07) is 6.78. The number of benzene rings is 1. The first-order valence-electron chi connectivity index (χ1n) is 7.40. The monoisotopic (exact) mass is 339 g/mol. The Morgan fingerprint density at radius 3 is 2.09 bits per heavy atom. The predicted molar refractivity (Wildman–Crippen MR) is 88.6 cm³/mol. The van der Waals surface area contributed by atoms with Crippen LogP contribution in [0.1, 0.15) is 26.2 Å². The zero-order valence-corrected chi connectivity index (χ0v) is 14.0. The molecular formula is C15H21N3O4S. The van der Waals surface area contributed by atoms with Crippen LogP contribution in [0.2, 0.25) is 0 Å². The highest BCUT2D eigenvalue weighted by molar-refractivity contribution is 7.88. The molecule has 0 radical (unpaired) electrons. The van der Waals surface area contributed by atoms with Gasteiger partial charge in [-0.1, -0.05) is 0 Å². The Morgan fingerprint density at radius 1 is 1.13 bits per heavy atom. The maximum absolute atomic E-state index is 11.9. The van der Waals surface area contributed by atoms with Crippen LogP contribution in [-0.2, 0) is 19.6 Å². The lowest BCUT2D eigenvalue weighted by Gasteiger charge is -2.18. The van der Waals surface area contributed by atoms with Crippen molar-refractivity contribution in [2.24, 2.45) is 0 Å². The number of hydrogen-bond donors (Lipinski definition) is 2. The Bertz CT molecular complexity index is 681. The van der Waals surface area contributed by atoms with E-state index in [0.717, 1.165) is 12.8 Å². The molecule has 8 heteroatoms. The van der Waals surface area contributed by atoms with E-state index in [0.29, 0.717) is 11.4 Å². The number of rotatable bonds is 7. The van der Waals surface area contributed by atoms with Crippen LogP contribution in [0, 0.1) is 0 Å². The molecule has 0 unspecified atom stereocenters. The second kappa shape index (κ2) is 7.10. The summed E-state index contributed by atoms with van der Waals surface area (Å²) in [6.07, 6.45) is 3.00. The molecule has 0 saturated heterocycles. The smallest absolute Gasteiger partial charge is 0.225 e. The molecule has 2 N–H and O–H groups in total. The summed E-state index contributed by atoms with van der Waals surface area (Å²) in [5.41, 5.74) is 1.24. The minimum Gasteiger partial charge on any atom is -0.326 e. The molecule has 7 nitrogen and oxygen atoms in total. The highest BCUT2D eigenvalue weighted by atomic mass is 32.2. The lowest BCUT2D eigenvalue weighted by Crippen LogP contribution is -2.34. The van der Waals surface area contributed by atoms with Gasteiger partial charge in [0.1, 0.15) is 0 Å². The number of amides is 2. The summed E-state index contributed by atoms with van der Waals surface area (Å²) >= 11 is 0. The summed E-state index contributed by atoms with van der Waals surface area (Å²) in [5, 5.41) is 5.35. The van der Waals surface area contributed by atoms with Crippen molar-refractivity contribution in [1.29, 1.82) is 0 Å². The van der Waals surface area contributed by atoms with E-state index in [4.69, 9.17) is 0 Å². The van der Waals surface area contributed by atoms with Gasteiger partial charge in [-0.3, -0.25) is 9.59 Å². The first-order chi connectivity index (χ1) is 10.8. The number of nitrogens with zero attached hydrogens (tertiary/aromatic N) is 1. The average Bonchev–Trinajstić information content (AvgIpc) is 3.23. The van der Waals surface area contributed by atoms with Gasteiger partial charge < -0.3 is 10.6 Å². The fourth-order valence-electron chi connectivity index (χ4n) is 2.26. The van der Waals surface area contributed by atoms with E-state index in [1.807, 2.05) is 0 Å². The summed E-state index contributed by atoms with van der Waals surface area (Å²) in [4.78, 5) is 22.9. The molecule has 23 heavy (non-hydrogen) atoms. The first kappa shape index (κ1) is 17.4. The second-order valence-electron chi connectivity index (χ2n) is 5.66. The van der Waals surface area contributed by atoms with Crippen LogP contribution in [-0.4, -0.2) is 43.4 Å². The molecule has 1 fully saturated rings. The minimum absolute atomic E-state index is 0.0507. The minimum atomic E-state index is -3.27. The molecule has 0 spiro atoms. The van der Waals surface area contributed by atoms with Crippen LogP contribution in [0.15, 0.2) is 24.3 Å². The van der Waals surface area contributed by atoms with E-state index in [1.54, 1.807) is 24.3 Å². The number of anilines is 2. The third kappa shape index (κ3) is 5.65. The lowest BCUT2D eigenvalue weighted by atomic mass is 10.2. The van der Waals surface area contributed by atoms with Crippen LogP contribution >= 0.6 is 0 Å². The van der Waals surface area contributed by atoms with Crippen molar-refractivity contribution in [3.05, 3.63) is 24.3 Å². The summed E-state index contributed by atoms with van der Waals surface area (Å²) in [5.74, 6) is -0.408. The number of carbonyl (C=O) groups is 2. The number of hydrogen-bond acceptors (Lipinski definition) is 4. The summed E-state index contributed by atoms with van der Waals surface area (Å²) in [6.45, 7) is 1.61. The Hall–Kier alpha value is -1.93. The fraction of sp³-hybridized carbons (Fsp3) is 0.467. The van der Waals surface area contributed by atoms with Crippen molar-refractivity contribution in [2.45, 2.75) is 32.2 Å². The molecule has 1 saturated carbocycles. The van der Waals surface area contributed by atoms with Gasteiger partial charge in [0.05, 0.1) is 6.26 Å². The number of nitrogens with one attached hydrogen (secondary N) is 2. The SMILES string of the molecule is CC(=O)Nc1ccc(NC(=O)CCN(C2CC2)S(C)(=O)=O)cc1. The van der Waals surface area contributed by atoms with Crippen LogP contribution < -0.4 is 10.6 Å². The molecule has 2 amide bonds. The van der Waals surface area contributed by atoms with Crippen LogP contribution in [0.3, 0.4) is 0 Å². The molecule has 1 aromatic rings. The Labute approximate surface area is 136 Å². The number of carbonyl (C=O) groups excluding carboxylic acids is 2. The van der Waals surface area contributed by atoms with Crippen LogP contribution in [0.5, 0.6) is 0 Å². The van der Waals surface area contributed by atoms with Gasteiger partial charge in [-0.25, -0.2) is 8.42 Å². The van der Waals surface area contributed by atoms with E-state index in [2.05, 4.69) is 10.6 Å². The van der Waals surface area contributed by atoms with Crippen molar-refractivity contribution >= 4 is 33.2 Å². The molecule has 1 aromatic carbocycles. The molecular weight excluding hydrogens is 318 g/mol. The van der Waals surface area contributed by atoms with Gasteiger partial charge in [0, 0.05) is 37.3 Å². The largest absolute Gasteiger partial charge is 0.326 e. The normalized spacial score (nSPS) is 14.6. The molecule has 126 valence electrons. The highest BCUT2D eigenvalue weighted by Crippen LogP contribution is 2.28. The van der Waals surface area contributed by atoms with Gasteiger partial charge in [-0.15, -0.1) is 0 Å². The first-order valence-corrected chi connectivity index (χ1v) is 9.25. The van der Waals surface area contributed by atoms with Gasteiger partial charge in [-0.2, -0.15) is 4.31 Å². The Morgan fingerprint density at radius 2 is 1.65 bits per heavy atom. The van der Waals surface area contributed by atoms with Gasteiger partial charge in [0.2, 0.25) is 21.8 Å². The van der Waals surface area contributed by atoms with Crippen LogP contribution in [0.4, 0.5) is 11.4 Å². The van der Waals surface area contributed by atoms with Crippen molar-refractivity contribution in [3.8, 4) is 0 Å². The molecule has 0 atom stereocenters. The van der Waals surface area contributed by atoms with Crippen molar-refractivity contribution in [1.82, 2.24) is 4.31 Å². The Kier molecular flexibility index (Phi) is 5.38. The summed E-state index contributed by atoms with van der Waals surface area (Å²) in [7, 11) is -3.27.